The van der Waals surface area contributed by atoms with Crippen LogP contribution in [0.5, 0.6) is 5.75 Å². The van der Waals surface area contributed by atoms with E-state index >= 15 is 0 Å². The number of aromatic hydroxyl groups is 1. The molecular weight excluding hydrogens is 404 g/mol. The van der Waals surface area contributed by atoms with Gasteiger partial charge in [-0.15, -0.1) is 0 Å². The van der Waals surface area contributed by atoms with Crippen molar-refractivity contribution < 1.29 is 31.1 Å². The fourth-order valence-corrected chi connectivity index (χ4v) is 3.70. The first-order valence-corrected chi connectivity index (χ1v) is 10.1. The summed E-state index contributed by atoms with van der Waals surface area (Å²) < 4.78 is 74.6. The molecule has 0 unspecified atom stereocenters. The van der Waals surface area contributed by atoms with E-state index in [4.69, 9.17) is 0 Å². The summed E-state index contributed by atoms with van der Waals surface area (Å²) in [7, 11) is -5.31. The number of sulfonamides is 1. The number of benzene rings is 1. The molecule has 2 rings (SSSR count). The van der Waals surface area contributed by atoms with Crippen LogP contribution in [0.4, 0.5) is 17.6 Å². The third-order valence-electron chi connectivity index (χ3n) is 4.20. The van der Waals surface area contributed by atoms with E-state index in [1.165, 1.54) is 12.1 Å². The summed E-state index contributed by atoms with van der Waals surface area (Å²) in [5, 5.41) is 15.2. The second kappa shape index (κ2) is 8.95. The number of piperidine rings is 1. The lowest BCUT2D eigenvalue weighted by Crippen LogP contribution is -2.51. The first kappa shape index (κ1) is 22.2. The fraction of sp³-hybridized carbons (Fsp3) is 0.562. The molecule has 0 aliphatic carbocycles. The summed E-state index contributed by atoms with van der Waals surface area (Å²) in [6, 6.07) is 3.64. The molecule has 0 radical (unpaired) electrons. The SMILES string of the molecule is CCNC(=NCc1ccc(O)c(F)c1)NC1CCN(S(=O)(=O)C(F)(F)F)CC1. The largest absolute Gasteiger partial charge is 0.511 e. The van der Waals surface area contributed by atoms with Crippen LogP contribution in [-0.4, -0.2) is 55.0 Å². The van der Waals surface area contributed by atoms with Crippen molar-refractivity contribution in [3.8, 4) is 5.75 Å². The van der Waals surface area contributed by atoms with Crippen molar-refractivity contribution in [2.45, 2.75) is 37.9 Å². The second-order valence-corrected chi connectivity index (χ2v) is 8.18. The van der Waals surface area contributed by atoms with E-state index in [0.29, 0.717) is 22.4 Å². The minimum Gasteiger partial charge on any atom is -0.505 e. The van der Waals surface area contributed by atoms with Crippen molar-refractivity contribution in [2.24, 2.45) is 4.99 Å². The number of phenolic OH excluding ortho intramolecular Hbond substituents is 1. The lowest BCUT2D eigenvalue weighted by Gasteiger charge is -2.32. The zero-order valence-electron chi connectivity index (χ0n) is 15.1. The molecule has 0 bridgehead atoms. The number of aliphatic imine (C=N–C) groups is 1. The minimum atomic E-state index is -5.31. The lowest BCUT2D eigenvalue weighted by atomic mass is 10.1. The van der Waals surface area contributed by atoms with Gasteiger partial charge in [0.1, 0.15) is 0 Å². The first-order chi connectivity index (χ1) is 13.0. The van der Waals surface area contributed by atoms with Gasteiger partial charge in [-0.3, -0.25) is 0 Å². The van der Waals surface area contributed by atoms with Crippen LogP contribution in [0.25, 0.3) is 0 Å². The predicted octanol–water partition coefficient (Wildman–Crippen LogP) is 1.90. The average molecular weight is 426 g/mol. The average Bonchev–Trinajstić information content (AvgIpc) is 2.62. The van der Waals surface area contributed by atoms with Crippen molar-refractivity contribution in [1.29, 1.82) is 0 Å². The third kappa shape index (κ3) is 5.47. The molecule has 3 N–H and O–H groups in total. The zero-order chi connectivity index (χ0) is 20.9. The molecule has 1 heterocycles. The summed E-state index contributed by atoms with van der Waals surface area (Å²) in [5.41, 5.74) is -4.78. The molecule has 0 atom stereocenters. The van der Waals surface area contributed by atoms with Crippen LogP contribution in [0.15, 0.2) is 23.2 Å². The molecular formula is C16H22F4N4O3S. The normalized spacial score (nSPS) is 17.5. The van der Waals surface area contributed by atoms with Crippen molar-refractivity contribution in [3.05, 3.63) is 29.6 Å². The molecule has 0 aromatic heterocycles. The van der Waals surface area contributed by atoms with Gasteiger partial charge in [0, 0.05) is 25.7 Å². The van der Waals surface area contributed by atoms with E-state index in [0.717, 1.165) is 6.07 Å². The molecule has 1 aliphatic rings. The third-order valence-corrected chi connectivity index (χ3v) is 5.83. The number of hydrogen-bond acceptors (Lipinski definition) is 4. The number of nitrogens with zero attached hydrogens (tertiary/aromatic N) is 2. The molecule has 7 nitrogen and oxygen atoms in total. The van der Waals surface area contributed by atoms with Crippen LogP contribution < -0.4 is 10.6 Å². The smallest absolute Gasteiger partial charge is 0.505 e. The second-order valence-electron chi connectivity index (χ2n) is 6.25. The Morgan fingerprint density at radius 2 is 1.96 bits per heavy atom. The van der Waals surface area contributed by atoms with E-state index in [9.17, 15) is 31.1 Å². The topological polar surface area (TPSA) is 94.0 Å². The predicted molar refractivity (Wildman–Crippen MR) is 95.6 cm³/mol. The van der Waals surface area contributed by atoms with Gasteiger partial charge in [0.2, 0.25) is 0 Å². The van der Waals surface area contributed by atoms with E-state index in [-0.39, 0.29) is 38.5 Å². The molecule has 1 aromatic rings. The monoisotopic (exact) mass is 426 g/mol. The molecule has 28 heavy (non-hydrogen) atoms. The summed E-state index contributed by atoms with van der Waals surface area (Å²) in [6.07, 6.45) is 0.376. The number of rotatable bonds is 5. The Labute approximate surface area is 160 Å². The van der Waals surface area contributed by atoms with Crippen molar-refractivity contribution in [1.82, 2.24) is 14.9 Å². The minimum absolute atomic E-state index is 0.119. The highest BCUT2D eigenvalue weighted by molar-refractivity contribution is 7.90. The number of nitrogens with one attached hydrogen (secondary N) is 2. The summed E-state index contributed by atoms with van der Waals surface area (Å²) in [4.78, 5) is 4.29. The van der Waals surface area contributed by atoms with Crippen LogP contribution in [0.1, 0.15) is 25.3 Å². The molecule has 1 saturated heterocycles. The maximum Gasteiger partial charge on any atom is 0.511 e. The van der Waals surface area contributed by atoms with Gasteiger partial charge >= 0.3 is 15.5 Å². The Morgan fingerprint density at radius 3 is 2.50 bits per heavy atom. The highest BCUT2D eigenvalue weighted by Gasteiger charge is 2.50. The van der Waals surface area contributed by atoms with Gasteiger partial charge in [0.25, 0.3) is 0 Å². The lowest BCUT2D eigenvalue weighted by molar-refractivity contribution is -0.0494. The summed E-state index contributed by atoms with van der Waals surface area (Å²) >= 11 is 0. The van der Waals surface area contributed by atoms with Gasteiger partial charge in [-0.05, 0) is 37.5 Å². The van der Waals surface area contributed by atoms with Crippen LogP contribution in [0.3, 0.4) is 0 Å². The van der Waals surface area contributed by atoms with E-state index in [2.05, 4.69) is 15.6 Å². The highest BCUT2D eigenvalue weighted by Crippen LogP contribution is 2.29. The molecule has 1 fully saturated rings. The number of hydrogen-bond donors (Lipinski definition) is 3. The Morgan fingerprint density at radius 1 is 1.32 bits per heavy atom. The summed E-state index contributed by atoms with van der Waals surface area (Å²) in [5.74, 6) is -0.838. The van der Waals surface area contributed by atoms with E-state index in [1.807, 2.05) is 6.92 Å². The van der Waals surface area contributed by atoms with Gasteiger partial charge in [-0.25, -0.2) is 17.8 Å². The van der Waals surface area contributed by atoms with Crippen LogP contribution >= 0.6 is 0 Å². The molecule has 0 amide bonds. The van der Waals surface area contributed by atoms with E-state index in [1.54, 1.807) is 0 Å². The van der Waals surface area contributed by atoms with Crippen molar-refractivity contribution in [3.63, 3.8) is 0 Å². The highest BCUT2D eigenvalue weighted by atomic mass is 32.2. The van der Waals surface area contributed by atoms with Crippen LogP contribution in [0, 0.1) is 5.82 Å². The van der Waals surface area contributed by atoms with Gasteiger partial charge in [-0.2, -0.15) is 17.5 Å². The molecule has 0 saturated carbocycles. The van der Waals surface area contributed by atoms with Crippen molar-refractivity contribution >= 4 is 16.0 Å². The molecule has 0 spiro atoms. The number of guanidine groups is 1. The molecule has 1 aromatic carbocycles. The van der Waals surface area contributed by atoms with Crippen molar-refractivity contribution in [2.75, 3.05) is 19.6 Å². The van der Waals surface area contributed by atoms with Crippen LogP contribution in [0.2, 0.25) is 0 Å². The fourth-order valence-electron chi connectivity index (χ4n) is 2.72. The van der Waals surface area contributed by atoms with Gasteiger partial charge in [-0.1, -0.05) is 6.07 Å². The summed E-state index contributed by atoms with van der Waals surface area (Å²) in [6.45, 7) is 1.98. The quantitative estimate of drug-likeness (QED) is 0.380. The first-order valence-electron chi connectivity index (χ1n) is 8.63. The number of phenols is 1. The number of halogens is 4. The maximum atomic E-state index is 13.4. The Balaban J connectivity index is 1.97. The van der Waals surface area contributed by atoms with E-state index < -0.39 is 27.1 Å². The molecule has 1 aliphatic heterocycles. The standard InChI is InChI=1S/C16H22F4N4O3S/c1-2-21-15(22-10-11-3-4-14(25)13(17)9-11)23-12-5-7-24(8-6-12)28(26,27)16(18,19)20/h3-4,9,12,25H,2,5-8,10H2,1H3,(H2,21,22,23). The molecule has 12 heteroatoms. The Kier molecular flexibility index (Phi) is 7.10. The Hall–Kier alpha value is -2.08. The van der Waals surface area contributed by atoms with Gasteiger partial charge in [0.05, 0.1) is 6.54 Å². The molecule has 158 valence electrons. The zero-order valence-corrected chi connectivity index (χ0v) is 15.9. The maximum absolute atomic E-state index is 13.4. The van der Waals surface area contributed by atoms with Gasteiger partial charge in [0.15, 0.2) is 17.5 Å². The van der Waals surface area contributed by atoms with Crippen LogP contribution in [-0.2, 0) is 16.6 Å². The number of alkyl halides is 3. The van der Waals surface area contributed by atoms with Gasteiger partial charge < -0.3 is 15.7 Å². The Bertz CT molecular complexity index is 807.